The molecule has 7 heteroatoms. The quantitative estimate of drug-likeness (QED) is 0.741. The van der Waals surface area contributed by atoms with E-state index >= 15 is 0 Å². The lowest BCUT2D eigenvalue weighted by Crippen LogP contribution is -2.35. The molecule has 0 spiro atoms. The second kappa shape index (κ2) is 6.08. The van der Waals surface area contributed by atoms with Gasteiger partial charge in [0.2, 0.25) is 0 Å². The van der Waals surface area contributed by atoms with Crippen molar-refractivity contribution in [3.8, 4) is 5.82 Å². The summed E-state index contributed by atoms with van der Waals surface area (Å²) >= 11 is 1.74. The largest absolute Gasteiger partial charge is 0.354 e. The second-order valence-electron chi connectivity index (χ2n) is 5.81. The van der Waals surface area contributed by atoms with Crippen molar-refractivity contribution in [3.63, 3.8) is 0 Å². The molecule has 1 aliphatic rings. The maximum absolute atomic E-state index is 4.47. The summed E-state index contributed by atoms with van der Waals surface area (Å²) in [5.41, 5.74) is 0.971. The average molecular weight is 326 g/mol. The predicted molar refractivity (Wildman–Crippen MR) is 90.2 cm³/mol. The van der Waals surface area contributed by atoms with Crippen LogP contribution in [0, 0.1) is 6.92 Å². The van der Waals surface area contributed by atoms with Crippen LogP contribution < -0.4 is 4.90 Å². The van der Waals surface area contributed by atoms with E-state index in [0.717, 1.165) is 36.8 Å². The summed E-state index contributed by atoms with van der Waals surface area (Å²) in [7, 11) is 0. The fourth-order valence-electron chi connectivity index (χ4n) is 2.97. The fraction of sp³-hybridized carbons (Fsp3) is 0.375. The molecule has 0 N–H and O–H groups in total. The zero-order valence-electron chi connectivity index (χ0n) is 13.0. The highest BCUT2D eigenvalue weighted by Crippen LogP contribution is 2.30. The predicted octanol–water partition coefficient (Wildman–Crippen LogP) is 2.81. The van der Waals surface area contributed by atoms with E-state index in [-0.39, 0.29) is 0 Å². The van der Waals surface area contributed by atoms with E-state index in [9.17, 15) is 0 Å². The number of nitrogens with zero attached hydrogens (tertiary/aromatic N) is 6. The molecule has 0 aliphatic carbocycles. The maximum atomic E-state index is 4.47. The van der Waals surface area contributed by atoms with Crippen molar-refractivity contribution in [2.45, 2.75) is 25.7 Å². The third-order valence-corrected chi connectivity index (χ3v) is 5.08. The molecule has 4 heterocycles. The van der Waals surface area contributed by atoms with Gasteiger partial charge in [-0.15, -0.1) is 21.5 Å². The molecular formula is C16H18N6S. The van der Waals surface area contributed by atoms with Gasteiger partial charge in [0.25, 0.3) is 0 Å². The number of anilines is 1. The van der Waals surface area contributed by atoms with Crippen molar-refractivity contribution < 1.29 is 0 Å². The van der Waals surface area contributed by atoms with E-state index in [1.807, 2.05) is 37.5 Å². The first-order valence-electron chi connectivity index (χ1n) is 7.80. The fourth-order valence-corrected chi connectivity index (χ4v) is 3.74. The minimum Gasteiger partial charge on any atom is -0.354 e. The van der Waals surface area contributed by atoms with Gasteiger partial charge in [0.15, 0.2) is 11.6 Å². The van der Waals surface area contributed by atoms with Crippen molar-refractivity contribution in [1.82, 2.24) is 25.0 Å². The van der Waals surface area contributed by atoms with Gasteiger partial charge in [-0.1, -0.05) is 0 Å². The summed E-state index contributed by atoms with van der Waals surface area (Å²) in [6.07, 6.45) is 6.14. The van der Waals surface area contributed by atoms with Crippen molar-refractivity contribution in [3.05, 3.63) is 46.7 Å². The molecule has 0 saturated carbocycles. The van der Waals surface area contributed by atoms with Crippen LogP contribution in [0.25, 0.3) is 5.82 Å². The van der Waals surface area contributed by atoms with Crippen LogP contribution in [0.2, 0.25) is 0 Å². The van der Waals surface area contributed by atoms with Gasteiger partial charge in [-0.3, -0.25) is 0 Å². The smallest absolute Gasteiger partial charge is 0.175 e. The lowest BCUT2D eigenvalue weighted by Gasteiger charge is -2.32. The molecule has 0 unspecified atom stereocenters. The minimum absolute atomic E-state index is 0.499. The molecule has 3 aromatic heterocycles. The van der Waals surface area contributed by atoms with E-state index in [2.05, 4.69) is 30.6 Å². The minimum atomic E-state index is 0.499. The van der Waals surface area contributed by atoms with Crippen LogP contribution in [0.5, 0.6) is 0 Å². The Labute approximate surface area is 138 Å². The highest BCUT2D eigenvalue weighted by molar-refractivity contribution is 7.09. The summed E-state index contributed by atoms with van der Waals surface area (Å²) in [5, 5.41) is 16.4. The molecule has 23 heavy (non-hydrogen) atoms. The summed E-state index contributed by atoms with van der Waals surface area (Å²) in [6.45, 7) is 3.95. The monoisotopic (exact) mass is 326 g/mol. The Hall–Kier alpha value is -2.28. The topological polar surface area (TPSA) is 59.7 Å². The maximum Gasteiger partial charge on any atom is 0.175 e. The molecule has 4 rings (SSSR count). The summed E-state index contributed by atoms with van der Waals surface area (Å²) in [6, 6.07) is 5.96. The number of hydrogen-bond acceptors (Lipinski definition) is 6. The molecular weight excluding hydrogens is 308 g/mol. The van der Waals surface area contributed by atoms with Crippen LogP contribution in [0.4, 0.5) is 5.82 Å². The lowest BCUT2D eigenvalue weighted by atomic mass is 9.99. The third-order valence-electron chi connectivity index (χ3n) is 4.14. The van der Waals surface area contributed by atoms with Crippen LogP contribution in [-0.2, 0) is 0 Å². The van der Waals surface area contributed by atoms with Gasteiger partial charge >= 0.3 is 0 Å². The molecule has 6 nitrogen and oxygen atoms in total. The molecule has 1 fully saturated rings. The van der Waals surface area contributed by atoms with Crippen molar-refractivity contribution in [2.75, 3.05) is 18.0 Å². The molecule has 0 bridgehead atoms. The Balaban J connectivity index is 1.51. The van der Waals surface area contributed by atoms with Gasteiger partial charge in [-0.2, -0.15) is 5.10 Å². The molecule has 0 radical (unpaired) electrons. The highest BCUT2D eigenvalue weighted by Gasteiger charge is 2.24. The number of rotatable bonds is 3. The van der Waals surface area contributed by atoms with Crippen LogP contribution in [0.1, 0.15) is 29.5 Å². The van der Waals surface area contributed by atoms with E-state index < -0.39 is 0 Å². The van der Waals surface area contributed by atoms with Gasteiger partial charge < -0.3 is 4.90 Å². The van der Waals surface area contributed by atoms with Gasteiger partial charge in [0, 0.05) is 36.8 Å². The van der Waals surface area contributed by atoms with Crippen LogP contribution >= 0.6 is 11.3 Å². The standard InChI is InChI=1S/C16H18N6S/c1-12-6-9-22(20-12)15-5-4-14(18-19-15)21-8-2-3-13(11-21)16-17-7-10-23-16/h4-7,9-10,13H,2-3,8,11H2,1H3/t13-/m0/s1. The SMILES string of the molecule is Cc1ccn(-c2ccc(N3CCC[C@H](c4nccs4)C3)nn2)n1. The number of thiazole rings is 1. The van der Waals surface area contributed by atoms with Crippen molar-refractivity contribution >= 4 is 17.2 Å². The van der Waals surface area contributed by atoms with Crippen LogP contribution in [-0.4, -0.2) is 38.1 Å². The van der Waals surface area contributed by atoms with E-state index in [1.165, 1.54) is 11.4 Å². The number of piperidine rings is 1. The highest BCUT2D eigenvalue weighted by atomic mass is 32.1. The Morgan fingerprint density at radius 1 is 1.17 bits per heavy atom. The van der Waals surface area contributed by atoms with Crippen molar-refractivity contribution in [2.24, 2.45) is 0 Å². The Bertz CT molecular complexity index is 764. The second-order valence-corrected chi connectivity index (χ2v) is 6.73. The first-order chi connectivity index (χ1) is 11.3. The van der Waals surface area contributed by atoms with Crippen LogP contribution in [0.15, 0.2) is 36.0 Å². The number of hydrogen-bond donors (Lipinski definition) is 0. The molecule has 1 saturated heterocycles. The van der Waals surface area contributed by atoms with E-state index in [0.29, 0.717) is 5.92 Å². The van der Waals surface area contributed by atoms with E-state index in [1.54, 1.807) is 16.0 Å². The van der Waals surface area contributed by atoms with Gasteiger partial charge in [0.05, 0.1) is 10.7 Å². The average Bonchev–Trinajstić information content (AvgIpc) is 3.27. The zero-order chi connectivity index (χ0) is 15.6. The molecule has 0 aromatic carbocycles. The molecule has 0 amide bonds. The van der Waals surface area contributed by atoms with Gasteiger partial charge in [0.1, 0.15) is 0 Å². The number of aryl methyl sites for hydroxylation is 1. The van der Waals surface area contributed by atoms with Crippen LogP contribution in [0.3, 0.4) is 0 Å². The molecule has 1 aliphatic heterocycles. The zero-order valence-corrected chi connectivity index (χ0v) is 13.8. The summed E-state index contributed by atoms with van der Waals surface area (Å²) in [5.74, 6) is 2.17. The lowest BCUT2D eigenvalue weighted by molar-refractivity contribution is 0.504. The Morgan fingerprint density at radius 2 is 2.04 bits per heavy atom. The Morgan fingerprint density at radius 3 is 2.74 bits per heavy atom. The van der Waals surface area contributed by atoms with Gasteiger partial charge in [-0.05, 0) is 38.0 Å². The molecule has 1 atom stereocenters. The third kappa shape index (κ3) is 2.96. The number of aromatic nitrogens is 5. The summed E-state index contributed by atoms with van der Waals surface area (Å²) < 4.78 is 1.75. The normalized spacial score (nSPS) is 18.3. The molecule has 118 valence electrons. The van der Waals surface area contributed by atoms with Crippen molar-refractivity contribution in [1.29, 1.82) is 0 Å². The van der Waals surface area contributed by atoms with Gasteiger partial charge in [-0.25, -0.2) is 9.67 Å². The Kier molecular flexibility index (Phi) is 3.78. The first kappa shape index (κ1) is 14.3. The molecule has 3 aromatic rings. The summed E-state index contributed by atoms with van der Waals surface area (Å²) in [4.78, 5) is 6.77. The first-order valence-corrected chi connectivity index (χ1v) is 8.68. The van der Waals surface area contributed by atoms with E-state index in [4.69, 9.17) is 0 Å².